The summed E-state index contributed by atoms with van der Waals surface area (Å²) in [5.41, 5.74) is 1.17. The molecule has 0 saturated heterocycles. The molecule has 0 radical (unpaired) electrons. The van der Waals surface area contributed by atoms with Crippen LogP contribution in [0.25, 0.3) is 10.2 Å². The van der Waals surface area contributed by atoms with Crippen molar-refractivity contribution in [2.45, 2.75) is 17.9 Å². The number of rotatable bonds is 9. The normalized spacial score (nSPS) is 11.4. The Morgan fingerprint density at radius 2 is 1.83 bits per heavy atom. The molecular weight excluding hydrogens is 510 g/mol. The van der Waals surface area contributed by atoms with Gasteiger partial charge in [0.05, 0.1) is 46.8 Å². The van der Waals surface area contributed by atoms with Crippen LogP contribution in [0.1, 0.15) is 12.1 Å². The number of anilines is 1. The van der Waals surface area contributed by atoms with Crippen LogP contribution in [0.15, 0.2) is 65.7 Å². The van der Waals surface area contributed by atoms with Crippen LogP contribution in [0.3, 0.4) is 0 Å². The van der Waals surface area contributed by atoms with Crippen LogP contribution in [0, 0.1) is 0 Å². The number of pyridine rings is 1. The molecule has 0 aliphatic heterocycles. The van der Waals surface area contributed by atoms with Crippen LogP contribution in [-0.4, -0.2) is 44.3 Å². The molecule has 0 atom stereocenters. The highest BCUT2D eigenvalue weighted by Crippen LogP contribution is 2.39. The van der Waals surface area contributed by atoms with E-state index in [0.717, 1.165) is 0 Å². The Kier molecular flexibility index (Phi) is 7.54. The van der Waals surface area contributed by atoms with E-state index in [4.69, 9.17) is 21.1 Å². The third kappa shape index (κ3) is 5.55. The van der Waals surface area contributed by atoms with Gasteiger partial charge in [0.1, 0.15) is 17.0 Å². The van der Waals surface area contributed by atoms with Gasteiger partial charge in [0.25, 0.3) is 0 Å². The first-order valence-electron chi connectivity index (χ1n) is 10.5. The lowest BCUT2D eigenvalue weighted by Crippen LogP contribution is -2.32. The third-order valence-corrected chi connectivity index (χ3v) is 8.52. The lowest BCUT2D eigenvalue weighted by atomic mass is 10.3. The Morgan fingerprint density at radius 3 is 2.49 bits per heavy atom. The second-order valence-electron chi connectivity index (χ2n) is 7.47. The number of fused-ring (bicyclic) bond motifs is 1. The van der Waals surface area contributed by atoms with Crippen LogP contribution >= 0.6 is 22.9 Å². The minimum atomic E-state index is -3.69. The van der Waals surface area contributed by atoms with Crippen molar-refractivity contribution in [3.63, 3.8) is 0 Å². The number of amides is 1. The maximum Gasteiger partial charge on any atom is 0.230 e. The highest BCUT2D eigenvalue weighted by atomic mass is 35.5. The molecule has 0 fully saturated rings. The number of hydrogen-bond acceptors (Lipinski definition) is 8. The van der Waals surface area contributed by atoms with E-state index in [9.17, 15) is 13.2 Å². The maximum atomic E-state index is 13.4. The molecule has 4 aromatic rings. The predicted molar refractivity (Wildman–Crippen MR) is 136 cm³/mol. The van der Waals surface area contributed by atoms with Gasteiger partial charge in [-0.05, 0) is 48.5 Å². The van der Waals surface area contributed by atoms with Gasteiger partial charge in [-0.1, -0.05) is 29.0 Å². The molecule has 8 nitrogen and oxygen atoms in total. The number of nitrogens with zero attached hydrogens (tertiary/aromatic N) is 3. The van der Waals surface area contributed by atoms with Gasteiger partial charge in [0, 0.05) is 12.6 Å². The Labute approximate surface area is 212 Å². The molecule has 0 saturated carbocycles. The van der Waals surface area contributed by atoms with Crippen LogP contribution in [0.5, 0.6) is 11.5 Å². The zero-order chi connectivity index (χ0) is 25.0. The minimum absolute atomic E-state index is 0.124. The first kappa shape index (κ1) is 24.9. The largest absolute Gasteiger partial charge is 0.497 e. The number of thiazole rings is 1. The molecule has 0 unspecified atom stereocenters. The quantitative estimate of drug-likeness (QED) is 0.307. The van der Waals surface area contributed by atoms with Crippen LogP contribution in [0.4, 0.5) is 5.13 Å². The Balaban J connectivity index is 1.63. The summed E-state index contributed by atoms with van der Waals surface area (Å²) in [5, 5.41) is 0.862. The molecule has 0 aliphatic carbocycles. The lowest BCUT2D eigenvalue weighted by Gasteiger charge is -2.19. The van der Waals surface area contributed by atoms with Crippen molar-refractivity contribution in [1.29, 1.82) is 0 Å². The summed E-state index contributed by atoms with van der Waals surface area (Å²) in [6.07, 6.45) is 1.40. The summed E-state index contributed by atoms with van der Waals surface area (Å²) in [4.78, 5) is 23.8. The van der Waals surface area contributed by atoms with E-state index in [1.807, 2.05) is 6.07 Å². The van der Waals surface area contributed by atoms with Gasteiger partial charge in [-0.25, -0.2) is 13.4 Å². The number of ether oxygens (including phenoxy) is 2. The molecule has 2 aromatic heterocycles. The monoisotopic (exact) mass is 531 g/mol. The van der Waals surface area contributed by atoms with Gasteiger partial charge in [-0.3, -0.25) is 14.7 Å². The smallest absolute Gasteiger partial charge is 0.230 e. The number of benzene rings is 2. The van der Waals surface area contributed by atoms with E-state index in [0.29, 0.717) is 37.6 Å². The number of sulfone groups is 1. The summed E-state index contributed by atoms with van der Waals surface area (Å²) in [7, 11) is -0.654. The van der Waals surface area contributed by atoms with Crippen molar-refractivity contribution in [2.75, 3.05) is 24.9 Å². The van der Waals surface area contributed by atoms with Gasteiger partial charge in [-0.2, -0.15) is 0 Å². The fourth-order valence-electron chi connectivity index (χ4n) is 3.40. The first-order chi connectivity index (χ1) is 16.8. The van der Waals surface area contributed by atoms with E-state index >= 15 is 0 Å². The molecule has 0 spiro atoms. The van der Waals surface area contributed by atoms with Crippen LogP contribution in [-0.2, 0) is 21.2 Å². The number of carbonyl (C=O) groups excluding carboxylic acids is 1. The molecule has 35 heavy (non-hydrogen) atoms. The number of methoxy groups -OCH3 is 2. The highest BCUT2D eigenvalue weighted by Gasteiger charge is 2.25. The molecule has 11 heteroatoms. The number of carbonyl (C=O) groups is 1. The van der Waals surface area contributed by atoms with Crippen molar-refractivity contribution < 1.29 is 22.7 Å². The van der Waals surface area contributed by atoms with E-state index < -0.39 is 15.7 Å². The maximum absolute atomic E-state index is 13.4. The summed E-state index contributed by atoms with van der Waals surface area (Å²) in [5.74, 6) is 0.318. The van der Waals surface area contributed by atoms with Crippen molar-refractivity contribution in [2.24, 2.45) is 0 Å². The van der Waals surface area contributed by atoms with Crippen LogP contribution in [0.2, 0.25) is 5.02 Å². The fraction of sp³-hybridized carbons (Fsp3) is 0.208. The second-order valence-corrected chi connectivity index (χ2v) is 11.0. The Bertz CT molecular complexity index is 1440. The number of hydrogen-bond donors (Lipinski definition) is 0. The summed E-state index contributed by atoms with van der Waals surface area (Å²) < 4.78 is 36.9. The van der Waals surface area contributed by atoms with Crippen molar-refractivity contribution in [3.05, 3.63) is 71.5 Å². The molecular formula is C24H22ClN3O5S2. The van der Waals surface area contributed by atoms with E-state index in [2.05, 4.69) is 9.97 Å². The van der Waals surface area contributed by atoms with Gasteiger partial charge in [-0.15, -0.1) is 0 Å². The van der Waals surface area contributed by atoms with Gasteiger partial charge in [0.2, 0.25) is 5.91 Å². The third-order valence-electron chi connectivity index (χ3n) is 5.25. The van der Waals surface area contributed by atoms with Crippen molar-refractivity contribution in [3.8, 4) is 11.5 Å². The number of aromatic nitrogens is 2. The first-order valence-corrected chi connectivity index (χ1v) is 13.4. The average molecular weight is 532 g/mol. The lowest BCUT2D eigenvalue weighted by molar-refractivity contribution is -0.118. The molecule has 0 N–H and O–H groups in total. The molecule has 2 aromatic carbocycles. The SMILES string of the molecule is COc1ccc(S(=O)(=O)CCC(=O)N(Cc2ccccn2)c2nc3c(OC)ccc(Cl)c3s2)cc1. The molecule has 182 valence electrons. The Morgan fingerprint density at radius 1 is 1.06 bits per heavy atom. The van der Waals surface area contributed by atoms with E-state index in [-0.39, 0.29) is 23.6 Å². The second kappa shape index (κ2) is 10.6. The van der Waals surface area contributed by atoms with Crippen LogP contribution < -0.4 is 14.4 Å². The topological polar surface area (TPSA) is 98.7 Å². The summed E-state index contributed by atoms with van der Waals surface area (Å²) in [6, 6.07) is 14.9. The van der Waals surface area contributed by atoms with Crippen molar-refractivity contribution in [1.82, 2.24) is 9.97 Å². The average Bonchev–Trinajstić information content (AvgIpc) is 3.33. The molecule has 0 bridgehead atoms. The fourth-order valence-corrected chi connectivity index (χ4v) is 5.90. The van der Waals surface area contributed by atoms with Crippen molar-refractivity contribution >= 4 is 54.0 Å². The highest BCUT2D eigenvalue weighted by molar-refractivity contribution is 7.91. The van der Waals surface area contributed by atoms with E-state index in [1.54, 1.807) is 42.6 Å². The molecule has 1 amide bonds. The van der Waals surface area contributed by atoms with Gasteiger partial charge in [0.15, 0.2) is 15.0 Å². The molecule has 0 aliphatic rings. The summed E-state index contributed by atoms with van der Waals surface area (Å²) in [6.45, 7) is 0.127. The standard InChI is InChI=1S/C24H22ClN3O5S2/c1-32-17-6-8-18(9-7-17)35(30,31)14-12-21(29)28(15-16-5-3-4-13-26-16)24-27-22-20(33-2)11-10-19(25)23(22)34-24/h3-11,13H,12,14-15H2,1-2H3. The zero-order valence-corrected chi connectivity index (χ0v) is 21.4. The zero-order valence-electron chi connectivity index (χ0n) is 19.0. The molecule has 4 rings (SSSR count). The number of halogens is 1. The van der Waals surface area contributed by atoms with Gasteiger partial charge >= 0.3 is 0 Å². The van der Waals surface area contributed by atoms with E-state index in [1.165, 1.54) is 42.6 Å². The molecule has 2 heterocycles. The summed E-state index contributed by atoms with van der Waals surface area (Å²) >= 11 is 7.60. The minimum Gasteiger partial charge on any atom is -0.497 e. The van der Waals surface area contributed by atoms with Gasteiger partial charge < -0.3 is 9.47 Å². The predicted octanol–water partition coefficient (Wildman–Crippen LogP) is 4.76. The Hall–Kier alpha value is -3.21.